The van der Waals surface area contributed by atoms with E-state index in [4.69, 9.17) is 3.32 Å². The van der Waals surface area contributed by atoms with Crippen molar-refractivity contribution in [1.82, 2.24) is 0 Å². The molecule has 0 fully saturated rings. The van der Waals surface area contributed by atoms with E-state index in [-0.39, 0.29) is 12.4 Å². The molecule has 14 heavy (non-hydrogen) atoms. The predicted octanol–water partition coefficient (Wildman–Crippen LogP) is 4.69. The van der Waals surface area contributed by atoms with E-state index in [0.29, 0.717) is 0 Å². The summed E-state index contributed by atoms with van der Waals surface area (Å²) in [4.78, 5) is 0. The summed E-state index contributed by atoms with van der Waals surface area (Å²) in [7, 11) is 0. The third kappa shape index (κ3) is 6.83. The summed E-state index contributed by atoms with van der Waals surface area (Å²) >= 11 is -2.96. The number of halogens is 1. The SMILES string of the molecule is Cl.[CH3][Ti]([CH3])([CH3])([CH3])([CH3])[O]CC1=CC=CC1. The second-order valence-electron chi connectivity index (χ2n) is 7.77. The van der Waals surface area contributed by atoms with Crippen molar-refractivity contribution in [2.45, 2.75) is 32.6 Å². The van der Waals surface area contributed by atoms with Gasteiger partial charge in [0.2, 0.25) is 0 Å². The molecule has 1 aliphatic carbocycles. The van der Waals surface area contributed by atoms with Gasteiger partial charge in [-0.3, -0.25) is 0 Å². The van der Waals surface area contributed by atoms with Gasteiger partial charge in [-0.25, -0.2) is 0 Å². The van der Waals surface area contributed by atoms with Crippen molar-refractivity contribution in [3.05, 3.63) is 23.8 Å². The van der Waals surface area contributed by atoms with Gasteiger partial charge in [0, 0.05) is 0 Å². The summed E-state index contributed by atoms with van der Waals surface area (Å²) in [5.74, 6) is 0. The van der Waals surface area contributed by atoms with Crippen LogP contribution in [-0.2, 0) is 17.7 Å². The second-order valence-corrected chi connectivity index (χ2v) is 27.0. The van der Waals surface area contributed by atoms with Gasteiger partial charge >= 0.3 is 80.7 Å². The molecule has 0 aromatic rings. The Morgan fingerprint density at radius 1 is 1.21 bits per heavy atom. The van der Waals surface area contributed by atoms with Gasteiger partial charge in [-0.05, 0) is 0 Å². The molecule has 1 aliphatic rings. The van der Waals surface area contributed by atoms with Crippen LogP contribution in [0.5, 0.6) is 0 Å². The van der Waals surface area contributed by atoms with Gasteiger partial charge in [0.15, 0.2) is 0 Å². The Bertz CT molecular complexity index is 268. The topological polar surface area (TPSA) is 9.23 Å². The normalized spacial score (nSPS) is 20.8. The molecule has 0 saturated carbocycles. The van der Waals surface area contributed by atoms with E-state index >= 15 is 0 Å². The molecule has 3 heteroatoms. The molecule has 0 unspecified atom stereocenters. The summed E-state index contributed by atoms with van der Waals surface area (Å²) < 4.78 is 6.17. The molecule has 0 radical (unpaired) electrons. The van der Waals surface area contributed by atoms with Gasteiger partial charge < -0.3 is 0 Å². The zero-order valence-electron chi connectivity index (χ0n) is 9.96. The average molecular weight is 255 g/mol. The molecule has 0 aromatic heterocycles. The van der Waals surface area contributed by atoms with Crippen molar-refractivity contribution >= 4 is 12.4 Å². The summed E-state index contributed by atoms with van der Waals surface area (Å²) in [5.41, 5.74) is 1.41. The molecule has 1 rings (SSSR count). The zero-order chi connectivity index (χ0) is 10.2. The minimum absolute atomic E-state index is 0. The Labute approximate surface area is 92.9 Å². The van der Waals surface area contributed by atoms with Crippen LogP contribution in [0.1, 0.15) is 6.42 Å². The van der Waals surface area contributed by atoms with Crippen LogP contribution in [0.15, 0.2) is 23.8 Å². The first-order valence-corrected chi connectivity index (χ1v) is 13.5. The molecule has 0 amide bonds. The van der Waals surface area contributed by atoms with Gasteiger partial charge in [0.05, 0.1) is 0 Å². The Morgan fingerprint density at radius 2 is 1.79 bits per heavy atom. The molecule has 84 valence electrons. The van der Waals surface area contributed by atoms with Crippen LogP contribution in [0.2, 0.25) is 26.1 Å². The first-order valence-electron chi connectivity index (χ1n) is 5.06. The molecule has 0 heterocycles. The average Bonchev–Trinajstić information content (AvgIpc) is 2.29. The van der Waals surface area contributed by atoms with Crippen LogP contribution in [-0.4, -0.2) is 6.61 Å². The fraction of sp³-hybridized carbons (Fsp3) is 0.636. The maximum absolute atomic E-state index is 6.17. The van der Waals surface area contributed by atoms with E-state index in [1.165, 1.54) is 5.57 Å². The quantitative estimate of drug-likeness (QED) is 0.664. The molecular formula is C11H23ClOTi. The van der Waals surface area contributed by atoms with Gasteiger partial charge in [-0.1, -0.05) is 0 Å². The summed E-state index contributed by atoms with van der Waals surface area (Å²) in [5, 5.41) is 11.5. The van der Waals surface area contributed by atoms with Crippen molar-refractivity contribution < 1.29 is 17.7 Å². The van der Waals surface area contributed by atoms with Crippen molar-refractivity contribution in [3.63, 3.8) is 0 Å². The van der Waals surface area contributed by atoms with Gasteiger partial charge in [-0.2, -0.15) is 0 Å². The van der Waals surface area contributed by atoms with Gasteiger partial charge in [0.25, 0.3) is 0 Å². The molecule has 1 nitrogen and oxygen atoms in total. The summed E-state index contributed by atoms with van der Waals surface area (Å²) in [6, 6.07) is 0. The Hall–Kier alpha value is 0.444. The predicted molar refractivity (Wildman–Crippen MR) is 64.4 cm³/mol. The third-order valence-corrected chi connectivity index (χ3v) is 4.31. The van der Waals surface area contributed by atoms with Crippen molar-refractivity contribution in [2.24, 2.45) is 0 Å². The first-order chi connectivity index (χ1) is 5.55. The van der Waals surface area contributed by atoms with Crippen molar-refractivity contribution in [3.8, 4) is 0 Å². The molecular weight excluding hydrogens is 231 g/mol. The van der Waals surface area contributed by atoms with Crippen molar-refractivity contribution in [1.29, 1.82) is 0 Å². The Morgan fingerprint density at radius 3 is 2.14 bits per heavy atom. The Balaban J connectivity index is 0.00000169. The fourth-order valence-corrected chi connectivity index (χ4v) is 2.47. The number of hydrogen-bond donors (Lipinski definition) is 0. The standard InChI is InChI=1S/C6H7O.5CH3.ClH.Ti/c7-5-6-3-1-2-4-6;;;;;;;/h1-3H,4-5H2;5*1H3;1H;/q-1;;;;;;;+1. The Kier molecular flexibility index (Phi) is 3.59. The maximum atomic E-state index is 6.17. The minimum atomic E-state index is -2.96. The molecule has 0 bridgehead atoms. The van der Waals surface area contributed by atoms with Crippen LogP contribution >= 0.6 is 12.4 Å². The fourth-order valence-electron chi connectivity index (χ4n) is 1.05. The van der Waals surface area contributed by atoms with E-state index in [9.17, 15) is 0 Å². The van der Waals surface area contributed by atoms with Gasteiger partial charge in [0.1, 0.15) is 0 Å². The van der Waals surface area contributed by atoms with Crippen LogP contribution in [0.4, 0.5) is 0 Å². The van der Waals surface area contributed by atoms with Crippen LogP contribution in [0.3, 0.4) is 0 Å². The van der Waals surface area contributed by atoms with E-state index in [0.717, 1.165) is 13.0 Å². The second kappa shape index (κ2) is 3.48. The molecule has 0 aromatic carbocycles. The van der Waals surface area contributed by atoms with Crippen LogP contribution in [0.25, 0.3) is 0 Å². The summed E-state index contributed by atoms with van der Waals surface area (Å²) in [6.07, 6.45) is 7.53. The third-order valence-electron chi connectivity index (χ3n) is 1.83. The number of allylic oxidation sites excluding steroid dienone is 3. The summed E-state index contributed by atoms with van der Waals surface area (Å²) in [6.45, 7) is 0.814. The van der Waals surface area contributed by atoms with Crippen molar-refractivity contribution in [2.75, 3.05) is 6.61 Å². The van der Waals surface area contributed by atoms with E-state index < -0.39 is 14.4 Å². The van der Waals surface area contributed by atoms with E-state index in [1.807, 2.05) is 0 Å². The van der Waals surface area contributed by atoms with Crippen LogP contribution < -0.4 is 0 Å². The molecule has 0 aliphatic heterocycles. The number of rotatable bonds is 3. The molecule has 0 N–H and O–H groups in total. The molecule has 0 atom stereocenters. The monoisotopic (exact) mass is 254 g/mol. The zero-order valence-corrected chi connectivity index (χ0v) is 12.3. The van der Waals surface area contributed by atoms with E-state index in [1.54, 1.807) is 0 Å². The van der Waals surface area contributed by atoms with E-state index in [2.05, 4.69) is 44.4 Å². The van der Waals surface area contributed by atoms with Crippen LogP contribution in [0, 0.1) is 0 Å². The number of hydrogen-bond acceptors (Lipinski definition) is 1. The first kappa shape index (κ1) is 14.4. The molecule has 0 spiro atoms. The van der Waals surface area contributed by atoms with Gasteiger partial charge in [-0.15, -0.1) is 12.4 Å². The molecule has 0 saturated heterocycles.